The molecule has 0 bridgehead atoms. The number of para-hydroxylation sites is 1. The number of hydrogen-bond donors (Lipinski definition) is 1. The first-order valence-corrected chi connectivity index (χ1v) is 9.36. The predicted molar refractivity (Wildman–Crippen MR) is 110 cm³/mol. The Morgan fingerprint density at radius 1 is 1.17 bits per heavy atom. The van der Waals surface area contributed by atoms with E-state index in [9.17, 15) is 14.4 Å². The van der Waals surface area contributed by atoms with Gasteiger partial charge in [-0.1, -0.05) is 30.3 Å². The molecule has 2 aliphatic rings. The molecule has 2 aromatic carbocycles. The number of nitrogens with one attached hydrogen (secondary N) is 1. The lowest BCUT2D eigenvalue weighted by molar-refractivity contribution is -0.119. The van der Waals surface area contributed by atoms with E-state index in [2.05, 4.69) is 5.32 Å². The van der Waals surface area contributed by atoms with Gasteiger partial charge in [-0.25, -0.2) is 4.79 Å². The lowest BCUT2D eigenvalue weighted by Crippen LogP contribution is -2.33. The van der Waals surface area contributed by atoms with Crippen LogP contribution in [0.4, 0.5) is 16.2 Å². The Hall–Kier alpha value is -3.61. The van der Waals surface area contributed by atoms with Crippen LogP contribution in [-0.4, -0.2) is 44.1 Å². The van der Waals surface area contributed by atoms with Gasteiger partial charge in [-0.15, -0.1) is 0 Å². The van der Waals surface area contributed by atoms with Crippen LogP contribution in [0.2, 0.25) is 0 Å². The number of cyclic esters (lactones) is 1. The Morgan fingerprint density at radius 2 is 1.90 bits per heavy atom. The zero-order chi connectivity index (χ0) is 20.5. The normalized spacial score (nSPS) is 19.5. The fraction of sp³-hybridized carbons (Fsp3) is 0.227. The van der Waals surface area contributed by atoms with Crippen LogP contribution in [0.15, 0.2) is 48.5 Å². The molecule has 2 aromatic rings. The van der Waals surface area contributed by atoms with E-state index in [4.69, 9.17) is 4.74 Å². The molecule has 29 heavy (non-hydrogen) atoms. The fourth-order valence-electron chi connectivity index (χ4n) is 3.55. The minimum atomic E-state index is -0.437. The smallest absolute Gasteiger partial charge is 0.414 e. The van der Waals surface area contributed by atoms with Crippen LogP contribution in [0.3, 0.4) is 0 Å². The van der Waals surface area contributed by atoms with E-state index < -0.39 is 6.09 Å². The third-order valence-corrected chi connectivity index (χ3v) is 5.06. The van der Waals surface area contributed by atoms with Crippen molar-refractivity contribution in [2.75, 3.05) is 29.9 Å². The summed E-state index contributed by atoms with van der Waals surface area (Å²) in [5.74, 6) is -0.204. The number of benzene rings is 2. The average Bonchev–Trinajstić information content (AvgIpc) is 3.20. The lowest BCUT2D eigenvalue weighted by atomic mass is 10.0. The van der Waals surface area contributed by atoms with Crippen molar-refractivity contribution in [1.82, 2.24) is 5.32 Å². The van der Waals surface area contributed by atoms with Crippen molar-refractivity contribution in [3.63, 3.8) is 0 Å². The van der Waals surface area contributed by atoms with Gasteiger partial charge in [0.2, 0.25) is 5.91 Å². The lowest BCUT2D eigenvalue weighted by Gasteiger charge is -2.13. The Kier molecular flexibility index (Phi) is 4.80. The standard InChI is InChI=1S/C22H21N3O4/c1-14(26)23-12-17-13-25(22(28)29-17)16-9-7-15(8-10-16)11-19-18-5-3-4-6-20(18)24(2)21(19)27/h3-11,17H,12-13H2,1-2H3,(H,23,26)/b19-11+/t17-/m0/s1. The molecule has 7 heteroatoms. The highest BCUT2D eigenvalue weighted by molar-refractivity contribution is 6.35. The number of hydrogen-bond acceptors (Lipinski definition) is 4. The second kappa shape index (κ2) is 7.43. The third-order valence-electron chi connectivity index (χ3n) is 5.06. The van der Waals surface area contributed by atoms with Gasteiger partial charge in [-0.05, 0) is 29.8 Å². The van der Waals surface area contributed by atoms with Gasteiger partial charge in [0.25, 0.3) is 5.91 Å². The van der Waals surface area contributed by atoms with E-state index in [1.807, 2.05) is 54.6 Å². The Labute approximate surface area is 168 Å². The van der Waals surface area contributed by atoms with E-state index in [1.165, 1.54) is 11.8 Å². The highest BCUT2D eigenvalue weighted by Gasteiger charge is 2.32. The van der Waals surface area contributed by atoms with Crippen LogP contribution in [0.5, 0.6) is 0 Å². The molecule has 3 amide bonds. The largest absolute Gasteiger partial charge is 0.442 e. The van der Waals surface area contributed by atoms with Crippen LogP contribution in [0, 0.1) is 0 Å². The predicted octanol–water partition coefficient (Wildman–Crippen LogP) is 2.66. The number of nitrogens with zero attached hydrogens (tertiary/aromatic N) is 2. The van der Waals surface area contributed by atoms with Crippen molar-refractivity contribution in [2.45, 2.75) is 13.0 Å². The quantitative estimate of drug-likeness (QED) is 0.813. The molecule has 2 heterocycles. The maximum atomic E-state index is 12.6. The third kappa shape index (κ3) is 3.59. The Bertz CT molecular complexity index is 1010. The fourth-order valence-corrected chi connectivity index (χ4v) is 3.55. The van der Waals surface area contributed by atoms with Crippen molar-refractivity contribution in [3.8, 4) is 0 Å². The first kappa shape index (κ1) is 18.7. The second-order valence-corrected chi connectivity index (χ2v) is 7.08. The molecule has 0 unspecified atom stereocenters. The first-order valence-electron chi connectivity index (χ1n) is 9.36. The molecule has 0 spiro atoms. The molecule has 2 aliphatic heterocycles. The molecule has 0 radical (unpaired) electrons. The van der Waals surface area contributed by atoms with Gasteiger partial charge in [0.15, 0.2) is 0 Å². The number of carbonyl (C=O) groups is 3. The van der Waals surface area contributed by atoms with E-state index in [0.29, 0.717) is 17.8 Å². The van der Waals surface area contributed by atoms with Gasteiger partial charge >= 0.3 is 6.09 Å². The molecule has 0 aromatic heterocycles. The molecule has 4 rings (SSSR count). The van der Waals surface area contributed by atoms with Gasteiger partial charge in [0, 0.05) is 30.8 Å². The van der Waals surface area contributed by atoms with Gasteiger partial charge in [-0.2, -0.15) is 0 Å². The van der Waals surface area contributed by atoms with Crippen molar-refractivity contribution in [3.05, 3.63) is 59.7 Å². The molecule has 1 saturated heterocycles. The van der Waals surface area contributed by atoms with Crippen LogP contribution in [0.25, 0.3) is 11.6 Å². The van der Waals surface area contributed by atoms with Gasteiger partial charge in [0.05, 0.1) is 18.8 Å². The number of rotatable bonds is 4. The van der Waals surface area contributed by atoms with E-state index in [0.717, 1.165) is 16.8 Å². The maximum Gasteiger partial charge on any atom is 0.414 e. The van der Waals surface area contributed by atoms with E-state index in [-0.39, 0.29) is 24.5 Å². The number of likely N-dealkylation sites (N-methyl/N-ethyl adjacent to an activating group) is 1. The molecule has 7 nitrogen and oxygen atoms in total. The molecule has 0 saturated carbocycles. The second-order valence-electron chi connectivity index (χ2n) is 7.08. The SMILES string of the molecule is CC(=O)NC[C@H]1CN(c2ccc(/C=C3/C(=O)N(C)c4ccccc43)cc2)C(=O)O1. The number of amides is 3. The molecular formula is C22H21N3O4. The van der Waals surface area contributed by atoms with E-state index in [1.54, 1.807) is 11.9 Å². The number of carbonyl (C=O) groups excluding carboxylic acids is 3. The minimum absolute atomic E-state index is 0.0424. The van der Waals surface area contributed by atoms with Crippen LogP contribution < -0.4 is 15.1 Å². The summed E-state index contributed by atoms with van der Waals surface area (Å²) in [5.41, 5.74) is 4.02. The zero-order valence-electron chi connectivity index (χ0n) is 16.2. The molecule has 1 atom stereocenters. The van der Waals surface area contributed by atoms with Crippen LogP contribution in [-0.2, 0) is 14.3 Å². The average molecular weight is 391 g/mol. The van der Waals surface area contributed by atoms with Crippen molar-refractivity contribution >= 4 is 40.9 Å². The van der Waals surface area contributed by atoms with Gasteiger partial charge in [-0.3, -0.25) is 14.5 Å². The summed E-state index contributed by atoms with van der Waals surface area (Å²) < 4.78 is 5.29. The molecule has 148 valence electrons. The topological polar surface area (TPSA) is 79.0 Å². The first-order chi connectivity index (χ1) is 13.9. The summed E-state index contributed by atoms with van der Waals surface area (Å²) in [6, 6.07) is 15.1. The molecule has 1 fully saturated rings. The Balaban J connectivity index is 1.52. The zero-order valence-corrected chi connectivity index (χ0v) is 16.2. The molecule has 0 aliphatic carbocycles. The highest BCUT2D eigenvalue weighted by atomic mass is 16.6. The summed E-state index contributed by atoms with van der Waals surface area (Å²) in [6.07, 6.45) is 1.04. The summed E-state index contributed by atoms with van der Waals surface area (Å²) in [4.78, 5) is 38.9. The van der Waals surface area contributed by atoms with Crippen LogP contribution >= 0.6 is 0 Å². The molecule has 1 N–H and O–H groups in total. The summed E-state index contributed by atoms with van der Waals surface area (Å²) in [6.45, 7) is 2.08. The number of anilines is 2. The van der Waals surface area contributed by atoms with Crippen molar-refractivity contribution in [1.29, 1.82) is 0 Å². The van der Waals surface area contributed by atoms with Crippen molar-refractivity contribution in [2.24, 2.45) is 0 Å². The number of ether oxygens (including phenoxy) is 1. The minimum Gasteiger partial charge on any atom is -0.442 e. The molecular weight excluding hydrogens is 370 g/mol. The highest BCUT2D eigenvalue weighted by Crippen LogP contribution is 2.36. The number of fused-ring (bicyclic) bond motifs is 1. The van der Waals surface area contributed by atoms with E-state index >= 15 is 0 Å². The summed E-state index contributed by atoms with van der Waals surface area (Å²) in [7, 11) is 1.77. The van der Waals surface area contributed by atoms with Crippen LogP contribution in [0.1, 0.15) is 18.1 Å². The van der Waals surface area contributed by atoms with Gasteiger partial charge in [0.1, 0.15) is 6.10 Å². The Morgan fingerprint density at radius 3 is 2.62 bits per heavy atom. The van der Waals surface area contributed by atoms with Gasteiger partial charge < -0.3 is 15.0 Å². The monoisotopic (exact) mass is 391 g/mol. The van der Waals surface area contributed by atoms with Crippen molar-refractivity contribution < 1.29 is 19.1 Å². The maximum absolute atomic E-state index is 12.6. The summed E-state index contributed by atoms with van der Waals surface area (Å²) in [5, 5.41) is 2.66. The summed E-state index contributed by atoms with van der Waals surface area (Å²) >= 11 is 0.